The highest BCUT2D eigenvalue weighted by atomic mass is 35.5. The number of hydrogen-bond donors (Lipinski definition) is 2. The Bertz CT molecular complexity index is 827. The van der Waals surface area contributed by atoms with Crippen molar-refractivity contribution >= 4 is 17.6 Å². The molecule has 27 heavy (non-hydrogen) atoms. The number of aliphatic hydroxyl groups is 1. The Morgan fingerprint density at radius 2 is 1.89 bits per heavy atom. The second-order valence-electron chi connectivity index (χ2n) is 6.21. The van der Waals surface area contributed by atoms with Crippen LogP contribution in [-0.4, -0.2) is 86.2 Å². The number of likely N-dealkylation sites (N-methyl/N-ethyl adjacent to an activating group) is 1. The normalized spacial score (nSPS) is 16.5. The van der Waals surface area contributed by atoms with Crippen LogP contribution < -0.4 is 11.0 Å². The molecular formula is C16H22ClN7O3. The first-order chi connectivity index (χ1) is 13.0. The van der Waals surface area contributed by atoms with Gasteiger partial charge in [-0.15, -0.1) is 4.68 Å². The zero-order valence-electron chi connectivity index (χ0n) is 15.0. The van der Waals surface area contributed by atoms with E-state index < -0.39 is 17.9 Å². The quantitative estimate of drug-likeness (QED) is 0.523. The van der Waals surface area contributed by atoms with E-state index in [9.17, 15) is 14.7 Å². The van der Waals surface area contributed by atoms with Crippen molar-refractivity contribution in [2.24, 2.45) is 0 Å². The van der Waals surface area contributed by atoms with E-state index in [4.69, 9.17) is 11.6 Å². The van der Waals surface area contributed by atoms with Crippen LogP contribution in [0.1, 0.15) is 6.92 Å². The number of nitrogens with one attached hydrogen (secondary N) is 1. The number of hydrogen-bond acceptors (Lipinski definition) is 7. The summed E-state index contributed by atoms with van der Waals surface area (Å²) >= 11 is 5.84. The van der Waals surface area contributed by atoms with Crippen LogP contribution in [0.4, 0.5) is 4.79 Å². The van der Waals surface area contributed by atoms with Gasteiger partial charge >= 0.3 is 11.7 Å². The fourth-order valence-electron chi connectivity index (χ4n) is 2.91. The molecule has 2 heterocycles. The summed E-state index contributed by atoms with van der Waals surface area (Å²) in [6.45, 7) is 5.20. The lowest BCUT2D eigenvalue weighted by atomic mass is 10.3. The molecular weight excluding hydrogens is 374 g/mol. The molecule has 0 spiro atoms. The van der Waals surface area contributed by atoms with Gasteiger partial charge in [-0.2, -0.15) is 4.68 Å². The molecule has 1 amide bonds. The van der Waals surface area contributed by atoms with Crippen LogP contribution in [0.15, 0.2) is 29.1 Å². The van der Waals surface area contributed by atoms with Crippen molar-refractivity contribution in [3.63, 3.8) is 0 Å². The molecule has 0 bridgehead atoms. The van der Waals surface area contributed by atoms with Crippen LogP contribution in [0.3, 0.4) is 0 Å². The van der Waals surface area contributed by atoms with E-state index in [0.717, 1.165) is 9.36 Å². The van der Waals surface area contributed by atoms with Crippen LogP contribution in [0.2, 0.25) is 5.02 Å². The van der Waals surface area contributed by atoms with E-state index in [1.54, 1.807) is 29.2 Å². The predicted molar refractivity (Wildman–Crippen MR) is 99.1 cm³/mol. The van der Waals surface area contributed by atoms with Crippen molar-refractivity contribution in [1.29, 1.82) is 0 Å². The van der Waals surface area contributed by atoms with Crippen molar-refractivity contribution in [3.8, 4) is 5.69 Å². The molecule has 10 nitrogen and oxygen atoms in total. The van der Waals surface area contributed by atoms with Gasteiger partial charge in [-0.05, 0) is 41.2 Å². The Morgan fingerprint density at radius 3 is 2.52 bits per heavy atom. The minimum absolute atomic E-state index is 0.442. The number of amides is 1. The van der Waals surface area contributed by atoms with Crippen molar-refractivity contribution in [3.05, 3.63) is 39.8 Å². The van der Waals surface area contributed by atoms with Gasteiger partial charge in [-0.25, -0.2) is 9.59 Å². The molecule has 0 radical (unpaired) electrons. The number of halogens is 1. The van der Waals surface area contributed by atoms with Crippen molar-refractivity contribution in [2.75, 3.05) is 39.3 Å². The van der Waals surface area contributed by atoms with Gasteiger partial charge in [0, 0.05) is 37.7 Å². The van der Waals surface area contributed by atoms with Gasteiger partial charge in [0.25, 0.3) is 0 Å². The summed E-state index contributed by atoms with van der Waals surface area (Å²) < 4.78 is 1.81. The van der Waals surface area contributed by atoms with Gasteiger partial charge in [0.1, 0.15) is 6.23 Å². The molecule has 0 aliphatic carbocycles. The van der Waals surface area contributed by atoms with Crippen LogP contribution in [0.5, 0.6) is 0 Å². The minimum atomic E-state index is -0.632. The number of tetrazole rings is 1. The van der Waals surface area contributed by atoms with E-state index in [-0.39, 0.29) is 0 Å². The SMILES string of the molecule is CCNC(O)CN1CCN(C(=O)n2nnn(-c3ccc(Cl)cc3)c2=O)CC1. The average molecular weight is 396 g/mol. The summed E-state index contributed by atoms with van der Waals surface area (Å²) in [6, 6.07) is 6.01. The maximum absolute atomic E-state index is 12.6. The topological polar surface area (TPSA) is 109 Å². The number of carbonyl (C=O) groups is 1. The molecule has 2 aromatic rings. The summed E-state index contributed by atoms with van der Waals surface area (Å²) in [5.74, 6) is 0. The average Bonchev–Trinajstić information content (AvgIpc) is 3.04. The Labute approximate surface area is 160 Å². The zero-order valence-corrected chi connectivity index (χ0v) is 15.7. The van der Waals surface area contributed by atoms with Crippen LogP contribution in [-0.2, 0) is 0 Å². The molecule has 2 N–H and O–H groups in total. The Morgan fingerprint density at radius 1 is 1.22 bits per heavy atom. The van der Waals surface area contributed by atoms with Crippen LogP contribution >= 0.6 is 11.6 Å². The predicted octanol–water partition coefficient (Wildman–Crippen LogP) is -0.404. The lowest BCUT2D eigenvalue weighted by molar-refractivity contribution is 0.0634. The highest BCUT2D eigenvalue weighted by Gasteiger charge is 2.26. The molecule has 146 valence electrons. The molecule has 1 aromatic heterocycles. The second kappa shape index (κ2) is 8.61. The van der Waals surface area contributed by atoms with E-state index in [0.29, 0.717) is 50.0 Å². The third kappa shape index (κ3) is 4.53. The van der Waals surface area contributed by atoms with Gasteiger partial charge in [0.15, 0.2) is 0 Å². The van der Waals surface area contributed by atoms with Gasteiger partial charge in [0.2, 0.25) is 0 Å². The third-order valence-corrected chi connectivity index (χ3v) is 4.60. The first kappa shape index (κ1) is 19.5. The molecule has 1 aromatic carbocycles. The number of rotatable bonds is 5. The van der Waals surface area contributed by atoms with Crippen molar-refractivity contribution < 1.29 is 9.90 Å². The Kier molecular flexibility index (Phi) is 6.22. The van der Waals surface area contributed by atoms with Crippen molar-refractivity contribution in [1.82, 2.24) is 34.9 Å². The molecule has 1 fully saturated rings. The molecule has 0 saturated carbocycles. The number of aliphatic hydroxyl groups excluding tert-OH is 1. The number of piperazine rings is 1. The van der Waals surface area contributed by atoms with E-state index in [1.165, 1.54) is 0 Å². The monoisotopic (exact) mass is 395 g/mol. The van der Waals surface area contributed by atoms with Gasteiger partial charge in [-0.3, -0.25) is 10.2 Å². The van der Waals surface area contributed by atoms with E-state index >= 15 is 0 Å². The first-order valence-corrected chi connectivity index (χ1v) is 9.11. The molecule has 1 aliphatic rings. The molecule has 1 atom stereocenters. The fraction of sp³-hybridized carbons (Fsp3) is 0.500. The highest BCUT2D eigenvalue weighted by molar-refractivity contribution is 6.30. The van der Waals surface area contributed by atoms with Crippen LogP contribution in [0, 0.1) is 0 Å². The van der Waals surface area contributed by atoms with E-state index in [2.05, 4.69) is 20.6 Å². The summed E-state index contributed by atoms with van der Waals surface area (Å²) in [5, 5.41) is 20.8. The molecule has 11 heteroatoms. The number of β-amino-alcohol motifs (C(OH)–C–C–N with tert-alkyl or cyclic N) is 1. The summed E-state index contributed by atoms with van der Waals surface area (Å²) in [4.78, 5) is 28.7. The number of aromatic nitrogens is 4. The lowest BCUT2D eigenvalue weighted by Gasteiger charge is -2.35. The molecule has 3 rings (SSSR count). The summed E-state index contributed by atoms with van der Waals surface area (Å²) in [5.41, 5.74) is -0.155. The van der Waals surface area contributed by atoms with Crippen LogP contribution in [0.25, 0.3) is 5.69 Å². The Hall–Kier alpha value is -2.27. The smallest absolute Gasteiger partial charge is 0.377 e. The van der Waals surface area contributed by atoms with Gasteiger partial charge in [-0.1, -0.05) is 18.5 Å². The number of carbonyl (C=O) groups excluding carboxylic acids is 1. The van der Waals surface area contributed by atoms with E-state index in [1.807, 2.05) is 6.92 Å². The maximum atomic E-state index is 12.6. The third-order valence-electron chi connectivity index (χ3n) is 4.35. The minimum Gasteiger partial charge on any atom is -0.377 e. The number of nitrogens with zero attached hydrogens (tertiary/aromatic N) is 6. The summed E-state index contributed by atoms with van der Waals surface area (Å²) in [6.07, 6.45) is -0.598. The lowest BCUT2D eigenvalue weighted by Crippen LogP contribution is -2.54. The van der Waals surface area contributed by atoms with Gasteiger partial charge in [0.05, 0.1) is 5.69 Å². The largest absolute Gasteiger partial charge is 0.377 e. The second-order valence-corrected chi connectivity index (χ2v) is 6.64. The summed E-state index contributed by atoms with van der Waals surface area (Å²) in [7, 11) is 0. The maximum Gasteiger partial charge on any atom is 0.377 e. The Balaban J connectivity index is 1.64. The number of benzene rings is 1. The standard InChI is InChI=1S/C16H22ClN7O3/c1-2-18-14(25)11-21-7-9-22(10-8-21)15(26)24-16(27)23(19-20-24)13-5-3-12(17)4-6-13/h3-6,14,18,25H,2,7-11H2,1H3. The molecule has 1 aliphatic heterocycles. The van der Waals surface area contributed by atoms with Crippen molar-refractivity contribution in [2.45, 2.75) is 13.2 Å². The fourth-order valence-corrected chi connectivity index (χ4v) is 3.04. The molecule has 1 unspecified atom stereocenters. The zero-order chi connectivity index (χ0) is 19.4. The highest BCUT2D eigenvalue weighted by Crippen LogP contribution is 2.11. The van der Waals surface area contributed by atoms with Gasteiger partial charge < -0.3 is 10.0 Å². The molecule has 1 saturated heterocycles. The first-order valence-electron chi connectivity index (χ1n) is 8.73.